The molecule has 4 N–H and O–H groups in total. The van der Waals surface area contributed by atoms with Crippen LogP contribution in [0.5, 0.6) is 0 Å². The van der Waals surface area contributed by atoms with E-state index in [1.807, 2.05) is 6.92 Å². The number of aldehydes is 1. The van der Waals surface area contributed by atoms with Crippen LogP contribution in [0.1, 0.15) is 79.1 Å². The maximum atomic E-state index is 12.4. The minimum Gasteiger partial charge on any atom is -0.369 e. The molecule has 2 amide bonds. The van der Waals surface area contributed by atoms with Gasteiger partial charge in [0.25, 0.3) is 0 Å². The number of primary amides is 1. The van der Waals surface area contributed by atoms with Gasteiger partial charge in [0.15, 0.2) is 12.5 Å². The summed E-state index contributed by atoms with van der Waals surface area (Å²) in [5, 5.41) is 11.7. The molecular formula is C20H38N2O4. The van der Waals surface area contributed by atoms with Crippen LogP contribution in [-0.4, -0.2) is 29.4 Å². The molecule has 0 heterocycles. The Bertz CT molecular complexity index is 428. The standard InChI is InChI=1S/C20H38N2O4/c1-5-14(3)7-8-15(4)9-10-17(20(26)22-18(24)13-23)12-11-16(6-2)19(21)25/h13-18,24H,5-12H2,1-4H3,(H2,21,25)(H,22,26). The van der Waals surface area contributed by atoms with E-state index < -0.39 is 6.23 Å². The highest BCUT2D eigenvalue weighted by Gasteiger charge is 2.24. The van der Waals surface area contributed by atoms with Crippen LogP contribution in [0.3, 0.4) is 0 Å². The van der Waals surface area contributed by atoms with Crippen LogP contribution in [0.15, 0.2) is 0 Å². The first-order valence-corrected chi connectivity index (χ1v) is 9.98. The number of nitrogens with two attached hydrogens (primary N) is 1. The largest absolute Gasteiger partial charge is 0.369 e. The van der Waals surface area contributed by atoms with Crippen LogP contribution in [0.2, 0.25) is 0 Å². The van der Waals surface area contributed by atoms with E-state index in [1.165, 1.54) is 12.8 Å². The smallest absolute Gasteiger partial charge is 0.225 e. The second-order valence-corrected chi connectivity index (χ2v) is 7.64. The van der Waals surface area contributed by atoms with Crippen LogP contribution in [0, 0.1) is 23.7 Å². The number of aliphatic hydroxyl groups excluding tert-OH is 1. The molecule has 0 aromatic heterocycles. The summed E-state index contributed by atoms with van der Waals surface area (Å²) in [4.78, 5) is 34.4. The molecule has 6 heteroatoms. The molecule has 0 radical (unpaired) electrons. The Morgan fingerprint density at radius 3 is 1.92 bits per heavy atom. The van der Waals surface area contributed by atoms with Gasteiger partial charge in [-0.05, 0) is 43.9 Å². The van der Waals surface area contributed by atoms with Crippen molar-refractivity contribution in [3.8, 4) is 0 Å². The lowest BCUT2D eigenvalue weighted by atomic mass is 9.86. The molecule has 0 saturated heterocycles. The summed E-state index contributed by atoms with van der Waals surface area (Å²) in [5.41, 5.74) is 5.39. The van der Waals surface area contributed by atoms with Gasteiger partial charge in [0.1, 0.15) is 0 Å². The molecule has 5 unspecified atom stereocenters. The molecule has 0 aromatic rings. The zero-order chi connectivity index (χ0) is 20.1. The topological polar surface area (TPSA) is 109 Å². The number of carbonyl (C=O) groups excluding carboxylic acids is 3. The fourth-order valence-corrected chi connectivity index (χ4v) is 3.06. The van der Waals surface area contributed by atoms with Crippen molar-refractivity contribution in [1.29, 1.82) is 0 Å². The van der Waals surface area contributed by atoms with Crippen LogP contribution in [0.4, 0.5) is 0 Å². The number of amides is 2. The summed E-state index contributed by atoms with van der Waals surface area (Å²) >= 11 is 0. The Kier molecular flexibility index (Phi) is 13.0. The van der Waals surface area contributed by atoms with Gasteiger partial charge in [-0.1, -0.05) is 47.0 Å². The third-order valence-corrected chi connectivity index (χ3v) is 5.41. The lowest BCUT2D eigenvalue weighted by molar-refractivity contribution is -0.132. The third-order valence-electron chi connectivity index (χ3n) is 5.41. The summed E-state index contributed by atoms with van der Waals surface area (Å²) in [6, 6.07) is 0. The minimum atomic E-state index is -1.48. The van der Waals surface area contributed by atoms with Crippen LogP contribution >= 0.6 is 0 Å². The molecule has 0 spiro atoms. The van der Waals surface area contributed by atoms with E-state index in [0.717, 1.165) is 12.8 Å². The van der Waals surface area contributed by atoms with Crippen LogP contribution in [-0.2, 0) is 14.4 Å². The SMILES string of the molecule is CCC(C)CCC(C)CCC(CCC(CC)C(N)=O)C(=O)NC(O)C=O. The van der Waals surface area contributed by atoms with E-state index in [4.69, 9.17) is 5.73 Å². The highest BCUT2D eigenvalue weighted by molar-refractivity contribution is 5.81. The lowest BCUT2D eigenvalue weighted by Crippen LogP contribution is -2.40. The first-order valence-electron chi connectivity index (χ1n) is 9.98. The second kappa shape index (κ2) is 13.7. The van der Waals surface area contributed by atoms with Crippen molar-refractivity contribution >= 4 is 18.1 Å². The quantitative estimate of drug-likeness (QED) is 0.304. The molecule has 0 fully saturated rings. The molecule has 152 valence electrons. The molecule has 0 bridgehead atoms. The highest BCUT2D eigenvalue weighted by atomic mass is 16.3. The second-order valence-electron chi connectivity index (χ2n) is 7.64. The molecule has 0 aliphatic carbocycles. The Hall–Kier alpha value is -1.43. The Morgan fingerprint density at radius 1 is 0.923 bits per heavy atom. The summed E-state index contributed by atoms with van der Waals surface area (Å²) in [6.45, 7) is 8.53. The van der Waals surface area contributed by atoms with Gasteiger partial charge in [-0.25, -0.2) is 0 Å². The normalized spacial score (nSPS) is 17.0. The molecule has 6 nitrogen and oxygen atoms in total. The van der Waals surface area contributed by atoms with E-state index >= 15 is 0 Å². The van der Waals surface area contributed by atoms with Gasteiger partial charge < -0.3 is 16.2 Å². The third kappa shape index (κ3) is 10.5. The van der Waals surface area contributed by atoms with Crippen molar-refractivity contribution in [3.63, 3.8) is 0 Å². The van der Waals surface area contributed by atoms with Gasteiger partial charge in [-0.2, -0.15) is 0 Å². The van der Waals surface area contributed by atoms with Gasteiger partial charge >= 0.3 is 0 Å². The van der Waals surface area contributed by atoms with Crippen LogP contribution < -0.4 is 11.1 Å². The Morgan fingerprint density at radius 2 is 1.42 bits per heavy atom. The predicted molar refractivity (Wildman–Crippen MR) is 103 cm³/mol. The highest BCUT2D eigenvalue weighted by Crippen LogP contribution is 2.25. The first-order chi connectivity index (χ1) is 12.2. The summed E-state index contributed by atoms with van der Waals surface area (Å²) in [6.07, 6.45) is 5.58. The van der Waals surface area contributed by atoms with E-state index in [1.54, 1.807) is 0 Å². The van der Waals surface area contributed by atoms with E-state index in [-0.39, 0.29) is 23.7 Å². The van der Waals surface area contributed by atoms with E-state index in [0.29, 0.717) is 43.8 Å². The van der Waals surface area contributed by atoms with Gasteiger partial charge in [0.05, 0.1) is 0 Å². The first kappa shape index (κ1) is 24.6. The Balaban J connectivity index is 4.68. The van der Waals surface area contributed by atoms with Gasteiger partial charge in [-0.15, -0.1) is 0 Å². The number of nitrogens with one attached hydrogen (secondary N) is 1. The zero-order valence-corrected chi connectivity index (χ0v) is 16.9. The average Bonchev–Trinajstić information content (AvgIpc) is 2.61. The fraction of sp³-hybridized carbons (Fsp3) is 0.850. The van der Waals surface area contributed by atoms with Gasteiger partial charge in [0, 0.05) is 11.8 Å². The summed E-state index contributed by atoms with van der Waals surface area (Å²) < 4.78 is 0. The Labute approximate surface area is 158 Å². The molecule has 0 saturated carbocycles. The van der Waals surface area contributed by atoms with E-state index in [9.17, 15) is 19.5 Å². The summed E-state index contributed by atoms with van der Waals surface area (Å²) in [7, 11) is 0. The summed E-state index contributed by atoms with van der Waals surface area (Å²) in [5.74, 6) is -0.0405. The number of hydrogen-bond donors (Lipinski definition) is 3. The van der Waals surface area contributed by atoms with Crippen molar-refractivity contribution in [2.75, 3.05) is 0 Å². The van der Waals surface area contributed by atoms with Crippen molar-refractivity contribution in [2.45, 2.75) is 85.3 Å². The molecule has 5 atom stereocenters. The number of carbonyl (C=O) groups is 3. The molecule has 0 rings (SSSR count). The van der Waals surface area contributed by atoms with Crippen LogP contribution in [0.25, 0.3) is 0 Å². The molecule has 0 aliphatic heterocycles. The van der Waals surface area contributed by atoms with E-state index in [2.05, 4.69) is 26.1 Å². The van der Waals surface area contributed by atoms with Crippen molar-refractivity contribution in [2.24, 2.45) is 29.4 Å². The number of hydrogen-bond acceptors (Lipinski definition) is 4. The van der Waals surface area contributed by atoms with Gasteiger partial charge in [-0.3, -0.25) is 14.4 Å². The molecule has 0 aliphatic rings. The zero-order valence-electron chi connectivity index (χ0n) is 16.9. The fourth-order valence-electron chi connectivity index (χ4n) is 3.06. The average molecular weight is 371 g/mol. The van der Waals surface area contributed by atoms with Gasteiger partial charge in [0.2, 0.25) is 11.8 Å². The van der Waals surface area contributed by atoms with Crippen molar-refractivity contribution < 1.29 is 19.5 Å². The monoisotopic (exact) mass is 370 g/mol. The molecular weight excluding hydrogens is 332 g/mol. The lowest BCUT2D eigenvalue weighted by Gasteiger charge is -2.21. The van der Waals surface area contributed by atoms with Crippen molar-refractivity contribution in [1.82, 2.24) is 5.32 Å². The maximum Gasteiger partial charge on any atom is 0.225 e. The predicted octanol–water partition coefficient (Wildman–Crippen LogP) is 2.77. The van der Waals surface area contributed by atoms with Crippen molar-refractivity contribution in [3.05, 3.63) is 0 Å². The molecule has 26 heavy (non-hydrogen) atoms. The number of rotatable bonds is 15. The molecule has 0 aromatic carbocycles. The minimum absolute atomic E-state index is 0.246. The number of aliphatic hydroxyl groups is 1. The maximum absolute atomic E-state index is 12.4.